The number of carbonyl (C=O) groups excluding carboxylic acids is 1. The predicted octanol–water partition coefficient (Wildman–Crippen LogP) is 2.84. The van der Waals surface area contributed by atoms with Gasteiger partial charge in [-0.15, -0.1) is 11.3 Å². The molecule has 0 spiro atoms. The van der Waals surface area contributed by atoms with Crippen LogP contribution in [0.2, 0.25) is 0 Å². The molecule has 0 aliphatic rings. The maximum Gasteiger partial charge on any atom is 0.259 e. The van der Waals surface area contributed by atoms with Crippen LogP contribution in [0.3, 0.4) is 0 Å². The van der Waals surface area contributed by atoms with Crippen molar-refractivity contribution in [2.45, 2.75) is 54.0 Å². The average Bonchev–Trinajstić information content (AvgIpc) is 2.90. The molecule has 0 radical (unpaired) electrons. The van der Waals surface area contributed by atoms with E-state index in [0.29, 0.717) is 37.9 Å². The highest BCUT2D eigenvalue weighted by molar-refractivity contribution is 7.18. The van der Waals surface area contributed by atoms with Crippen LogP contribution in [-0.2, 0) is 17.8 Å². The number of hydrogen-bond acceptors (Lipinski definition) is 5. The Balaban J connectivity index is 2.28. The van der Waals surface area contributed by atoms with Gasteiger partial charge in [0.1, 0.15) is 10.7 Å². The Morgan fingerprint density at radius 2 is 2.08 bits per heavy atom. The number of fused-ring (bicyclic) bond motifs is 1. The monoisotopic (exact) mass is 378 g/mol. The number of amides is 1. The smallest absolute Gasteiger partial charge is 0.259 e. The molecule has 0 bridgehead atoms. The fraction of sp³-hybridized carbons (Fsp3) is 0.632. The van der Waals surface area contributed by atoms with E-state index < -0.39 is 0 Å². The van der Waals surface area contributed by atoms with E-state index in [1.54, 1.807) is 11.3 Å². The molecule has 0 fully saturated rings. The fourth-order valence-corrected chi connectivity index (χ4v) is 4.05. The van der Waals surface area contributed by atoms with Gasteiger partial charge in [0.15, 0.2) is 0 Å². The topological polar surface area (TPSA) is 78.1 Å². The molecule has 2 heterocycles. The lowest BCUT2D eigenvalue weighted by molar-refractivity contribution is -0.122. The highest BCUT2D eigenvalue weighted by atomic mass is 32.1. The summed E-state index contributed by atoms with van der Waals surface area (Å²) in [6.45, 7) is 12.4. The highest BCUT2D eigenvalue weighted by Crippen LogP contribution is 2.29. The Bertz CT molecular complexity index is 812. The number of nitrogens with zero attached hydrogens (tertiary/aromatic N) is 2. The van der Waals surface area contributed by atoms with E-state index in [2.05, 4.69) is 36.1 Å². The third kappa shape index (κ3) is 4.92. The molecule has 0 unspecified atom stereocenters. The number of thiophene rings is 1. The Labute approximate surface area is 159 Å². The Morgan fingerprint density at radius 3 is 2.69 bits per heavy atom. The van der Waals surface area contributed by atoms with Crippen LogP contribution in [-0.4, -0.2) is 40.4 Å². The molecule has 1 atom stereocenters. The first kappa shape index (κ1) is 20.6. The largest absolute Gasteiger partial charge is 0.355 e. The number of H-pyrrole nitrogens is 1. The van der Waals surface area contributed by atoms with Gasteiger partial charge in [0.05, 0.1) is 18.5 Å². The van der Waals surface area contributed by atoms with E-state index in [4.69, 9.17) is 0 Å². The molecule has 0 saturated heterocycles. The molecular weight excluding hydrogens is 348 g/mol. The van der Waals surface area contributed by atoms with Gasteiger partial charge in [0.2, 0.25) is 5.91 Å². The third-order valence-electron chi connectivity index (χ3n) is 4.72. The minimum Gasteiger partial charge on any atom is -0.355 e. The molecule has 7 heteroatoms. The Morgan fingerprint density at radius 1 is 1.35 bits per heavy atom. The molecule has 2 rings (SSSR count). The molecule has 0 aliphatic heterocycles. The lowest BCUT2D eigenvalue weighted by Crippen LogP contribution is -2.37. The van der Waals surface area contributed by atoms with Crippen molar-refractivity contribution in [2.24, 2.45) is 5.92 Å². The summed E-state index contributed by atoms with van der Waals surface area (Å²) in [7, 11) is 0. The SMILES string of the molecule is CCNC(=O)CN(CC)Cc1nc2sc(C)c(C[C@H](C)CC)c2c(=O)[nH]1. The first-order chi connectivity index (χ1) is 12.4. The van der Waals surface area contributed by atoms with E-state index in [1.165, 1.54) is 4.88 Å². The van der Waals surface area contributed by atoms with Crippen LogP contribution in [0.1, 0.15) is 50.4 Å². The Hall–Kier alpha value is -1.73. The van der Waals surface area contributed by atoms with Crippen molar-refractivity contribution < 1.29 is 4.79 Å². The van der Waals surface area contributed by atoms with E-state index in [0.717, 1.165) is 28.6 Å². The van der Waals surface area contributed by atoms with Gasteiger partial charge in [-0.1, -0.05) is 27.2 Å². The molecular formula is C19H30N4O2S. The number of hydrogen-bond donors (Lipinski definition) is 2. The summed E-state index contributed by atoms with van der Waals surface area (Å²) in [6.07, 6.45) is 2.00. The van der Waals surface area contributed by atoms with Crippen molar-refractivity contribution in [1.29, 1.82) is 0 Å². The van der Waals surface area contributed by atoms with Gasteiger partial charge in [-0.3, -0.25) is 14.5 Å². The molecule has 0 saturated carbocycles. The quantitative estimate of drug-likeness (QED) is 0.703. The van der Waals surface area contributed by atoms with Gasteiger partial charge in [0, 0.05) is 11.4 Å². The maximum atomic E-state index is 12.7. The summed E-state index contributed by atoms with van der Waals surface area (Å²) in [5.74, 6) is 1.14. The molecule has 0 aromatic carbocycles. The van der Waals surface area contributed by atoms with Crippen LogP contribution in [0.5, 0.6) is 0 Å². The van der Waals surface area contributed by atoms with Crippen LogP contribution in [0.25, 0.3) is 10.2 Å². The van der Waals surface area contributed by atoms with Gasteiger partial charge in [-0.25, -0.2) is 4.98 Å². The van der Waals surface area contributed by atoms with Gasteiger partial charge < -0.3 is 10.3 Å². The number of aromatic amines is 1. The van der Waals surface area contributed by atoms with E-state index in [1.807, 2.05) is 18.7 Å². The first-order valence-corrected chi connectivity index (χ1v) is 10.2. The summed E-state index contributed by atoms with van der Waals surface area (Å²) >= 11 is 1.59. The number of likely N-dealkylation sites (N-methyl/N-ethyl adjacent to an activating group) is 2. The predicted molar refractivity (Wildman–Crippen MR) is 108 cm³/mol. The highest BCUT2D eigenvalue weighted by Gasteiger charge is 2.18. The Kier molecular flexibility index (Phi) is 7.34. The third-order valence-corrected chi connectivity index (χ3v) is 5.76. The zero-order valence-electron chi connectivity index (χ0n) is 16.4. The van der Waals surface area contributed by atoms with Gasteiger partial charge in [0.25, 0.3) is 5.56 Å². The summed E-state index contributed by atoms with van der Waals surface area (Å²) in [6, 6.07) is 0. The normalized spacial score (nSPS) is 12.7. The standard InChI is InChI=1S/C19H30N4O2S/c1-6-12(4)9-14-13(5)26-19-17(14)18(25)21-15(22-19)10-23(8-3)11-16(24)20-7-2/h12H,6-11H2,1-5H3,(H,20,24)(H,21,22,25)/t12-/m1/s1. The van der Waals surface area contributed by atoms with Crippen LogP contribution in [0, 0.1) is 12.8 Å². The van der Waals surface area contributed by atoms with Crippen LogP contribution < -0.4 is 10.9 Å². The minimum atomic E-state index is -0.0679. The van der Waals surface area contributed by atoms with E-state index in [9.17, 15) is 9.59 Å². The second-order valence-electron chi connectivity index (χ2n) is 6.80. The number of aryl methyl sites for hydroxylation is 1. The van der Waals surface area contributed by atoms with Crippen molar-refractivity contribution in [3.63, 3.8) is 0 Å². The molecule has 0 aliphatic carbocycles. The average molecular weight is 379 g/mol. The van der Waals surface area contributed by atoms with Crippen LogP contribution in [0.15, 0.2) is 4.79 Å². The summed E-state index contributed by atoms with van der Waals surface area (Å²) in [5, 5.41) is 3.54. The molecule has 1 amide bonds. The summed E-state index contributed by atoms with van der Waals surface area (Å²) in [4.78, 5) is 36.1. The lowest BCUT2D eigenvalue weighted by Gasteiger charge is -2.18. The molecule has 144 valence electrons. The van der Waals surface area contributed by atoms with Gasteiger partial charge >= 0.3 is 0 Å². The van der Waals surface area contributed by atoms with Crippen LogP contribution >= 0.6 is 11.3 Å². The van der Waals surface area contributed by atoms with Crippen molar-refractivity contribution in [3.05, 3.63) is 26.6 Å². The minimum absolute atomic E-state index is 0.0133. The number of carbonyl (C=O) groups is 1. The van der Waals surface area contributed by atoms with Gasteiger partial charge in [-0.2, -0.15) is 0 Å². The molecule has 2 aromatic heterocycles. The molecule has 2 aromatic rings. The fourth-order valence-electron chi connectivity index (χ4n) is 2.98. The van der Waals surface area contributed by atoms with E-state index in [-0.39, 0.29) is 11.5 Å². The zero-order valence-corrected chi connectivity index (χ0v) is 17.3. The molecule has 26 heavy (non-hydrogen) atoms. The van der Waals surface area contributed by atoms with Crippen molar-refractivity contribution in [1.82, 2.24) is 20.2 Å². The second-order valence-corrected chi connectivity index (χ2v) is 8.01. The summed E-state index contributed by atoms with van der Waals surface area (Å²) < 4.78 is 0. The number of nitrogens with one attached hydrogen (secondary N) is 2. The van der Waals surface area contributed by atoms with E-state index >= 15 is 0 Å². The lowest BCUT2D eigenvalue weighted by atomic mass is 9.98. The number of rotatable bonds is 9. The summed E-state index contributed by atoms with van der Waals surface area (Å²) in [5.41, 5.74) is 1.07. The molecule has 6 nitrogen and oxygen atoms in total. The molecule has 2 N–H and O–H groups in total. The number of aromatic nitrogens is 2. The van der Waals surface area contributed by atoms with Gasteiger partial charge in [-0.05, 0) is 38.3 Å². The second kappa shape index (κ2) is 9.28. The van der Waals surface area contributed by atoms with Crippen molar-refractivity contribution >= 4 is 27.5 Å². The van der Waals surface area contributed by atoms with Crippen molar-refractivity contribution in [2.75, 3.05) is 19.6 Å². The first-order valence-electron chi connectivity index (χ1n) is 9.39. The van der Waals surface area contributed by atoms with Crippen molar-refractivity contribution in [3.8, 4) is 0 Å². The zero-order chi connectivity index (χ0) is 19.3. The van der Waals surface area contributed by atoms with Crippen LogP contribution in [0.4, 0.5) is 0 Å². The maximum absolute atomic E-state index is 12.7.